The van der Waals surface area contributed by atoms with Gasteiger partial charge in [0.15, 0.2) is 0 Å². The first-order valence-corrected chi connectivity index (χ1v) is 10.3. The van der Waals surface area contributed by atoms with Crippen LogP contribution in [0.1, 0.15) is 48.8 Å². The predicted octanol–water partition coefficient (Wildman–Crippen LogP) is 4.79. The fourth-order valence-electron chi connectivity index (χ4n) is 6.25. The molecule has 4 atom stereocenters. The maximum Gasteiger partial charge on any atom is 0.238 e. The van der Waals surface area contributed by atoms with Gasteiger partial charge in [-0.05, 0) is 57.6 Å². The molecule has 0 radical (unpaired) electrons. The maximum atomic E-state index is 13.5. The van der Waals surface area contributed by atoms with Gasteiger partial charge in [-0.1, -0.05) is 47.4 Å². The smallest absolute Gasteiger partial charge is 0.238 e. The predicted molar refractivity (Wildman–Crippen MR) is 106 cm³/mol. The Hall–Kier alpha value is -2.16. The fourth-order valence-corrected chi connectivity index (χ4v) is 6.25. The summed E-state index contributed by atoms with van der Waals surface area (Å²) in [6.07, 6.45) is 10.6. The van der Waals surface area contributed by atoms with Gasteiger partial charge in [0, 0.05) is 11.8 Å². The van der Waals surface area contributed by atoms with Crippen molar-refractivity contribution in [2.45, 2.75) is 52.9 Å². The Morgan fingerprint density at radius 1 is 0.815 bits per heavy atom. The van der Waals surface area contributed by atoms with E-state index in [0.717, 1.165) is 29.7 Å². The van der Waals surface area contributed by atoms with Crippen molar-refractivity contribution in [1.82, 2.24) is 0 Å². The van der Waals surface area contributed by atoms with Gasteiger partial charge in [-0.3, -0.25) is 9.59 Å². The standard InChI is InChI=1S/C24H27NO2/c1-13-11-14(2)22(15(3)12-13)25-23(26)20-17-9-10-18(21(20)24(25)27)19(17)16-7-5-4-6-8-16/h9-12,17-18,20-21H,4-8H2,1-3H3. The molecular formula is C24H27NO2. The van der Waals surface area contributed by atoms with Crippen LogP contribution in [0.4, 0.5) is 5.69 Å². The molecule has 4 unspecified atom stereocenters. The number of nitrogens with zero attached hydrogens (tertiary/aromatic N) is 1. The van der Waals surface area contributed by atoms with Gasteiger partial charge < -0.3 is 0 Å². The van der Waals surface area contributed by atoms with Crippen molar-refractivity contribution in [3.05, 3.63) is 52.1 Å². The normalized spacial score (nSPS) is 32.0. The lowest BCUT2D eigenvalue weighted by molar-refractivity contribution is -0.123. The van der Waals surface area contributed by atoms with Crippen molar-refractivity contribution < 1.29 is 9.59 Å². The molecule has 1 aliphatic heterocycles. The number of hydrogen-bond donors (Lipinski definition) is 0. The molecule has 1 saturated heterocycles. The molecule has 1 heterocycles. The SMILES string of the molecule is Cc1cc(C)c(N2C(=O)C3C4C=CC(C4=C4CCCCC4)C3C2=O)c(C)c1. The quantitative estimate of drug-likeness (QED) is 0.532. The van der Waals surface area contributed by atoms with Crippen LogP contribution in [0.3, 0.4) is 0 Å². The van der Waals surface area contributed by atoms with Crippen LogP contribution in [0.2, 0.25) is 0 Å². The number of carbonyl (C=O) groups excluding carboxylic acids is 2. The van der Waals surface area contributed by atoms with Crippen molar-refractivity contribution in [1.29, 1.82) is 0 Å². The third kappa shape index (κ3) is 2.27. The van der Waals surface area contributed by atoms with Gasteiger partial charge in [0.2, 0.25) is 11.8 Å². The van der Waals surface area contributed by atoms with Crippen LogP contribution in [0.5, 0.6) is 0 Å². The van der Waals surface area contributed by atoms with E-state index in [-0.39, 0.29) is 35.5 Å². The minimum atomic E-state index is -0.183. The van der Waals surface area contributed by atoms with Gasteiger partial charge in [-0.25, -0.2) is 4.90 Å². The van der Waals surface area contributed by atoms with Crippen molar-refractivity contribution in [3.63, 3.8) is 0 Å². The fraction of sp³-hybridized carbons (Fsp3) is 0.500. The molecule has 0 spiro atoms. The first-order valence-electron chi connectivity index (χ1n) is 10.3. The molecule has 5 rings (SSSR count). The van der Waals surface area contributed by atoms with Crippen LogP contribution in [-0.2, 0) is 9.59 Å². The zero-order valence-corrected chi connectivity index (χ0v) is 16.4. The molecule has 2 amide bonds. The molecule has 27 heavy (non-hydrogen) atoms. The van der Waals surface area contributed by atoms with E-state index in [4.69, 9.17) is 0 Å². The third-order valence-electron chi connectivity index (χ3n) is 7.14. The minimum absolute atomic E-state index is 0.0193. The number of carbonyl (C=O) groups is 2. The van der Waals surface area contributed by atoms with Gasteiger partial charge >= 0.3 is 0 Å². The lowest BCUT2D eigenvalue weighted by Crippen LogP contribution is -2.34. The van der Waals surface area contributed by atoms with Gasteiger partial charge in [0.25, 0.3) is 0 Å². The average Bonchev–Trinajstić information content (AvgIpc) is 3.27. The zero-order valence-electron chi connectivity index (χ0n) is 16.4. The Morgan fingerprint density at radius 2 is 1.33 bits per heavy atom. The van der Waals surface area contributed by atoms with Crippen LogP contribution in [0.15, 0.2) is 35.4 Å². The number of amides is 2. The Kier molecular flexibility index (Phi) is 3.72. The number of fused-ring (bicyclic) bond motifs is 5. The number of imide groups is 1. The second-order valence-electron chi connectivity index (χ2n) is 8.87. The molecule has 2 bridgehead atoms. The molecule has 3 aliphatic carbocycles. The molecule has 140 valence electrons. The monoisotopic (exact) mass is 361 g/mol. The maximum absolute atomic E-state index is 13.5. The van der Waals surface area contributed by atoms with Gasteiger partial charge in [0.1, 0.15) is 0 Å². The molecule has 3 heteroatoms. The van der Waals surface area contributed by atoms with E-state index in [1.54, 1.807) is 5.57 Å². The average molecular weight is 361 g/mol. The Labute approximate surface area is 161 Å². The van der Waals surface area contributed by atoms with E-state index in [0.29, 0.717) is 0 Å². The lowest BCUT2D eigenvalue weighted by Gasteiger charge is -2.25. The summed E-state index contributed by atoms with van der Waals surface area (Å²) in [5.74, 6) is -0.0214. The van der Waals surface area contributed by atoms with Gasteiger partial charge in [-0.2, -0.15) is 0 Å². The van der Waals surface area contributed by atoms with Crippen LogP contribution in [0.25, 0.3) is 0 Å². The number of allylic oxidation sites excluding steroid dienone is 4. The number of benzene rings is 1. The van der Waals surface area contributed by atoms with Crippen molar-refractivity contribution in [2.24, 2.45) is 23.7 Å². The van der Waals surface area contributed by atoms with Crippen LogP contribution in [-0.4, -0.2) is 11.8 Å². The summed E-state index contributed by atoms with van der Waals surface area (Å²) in [4.78, 5) is 28.4. The molecule has 0 N–H and O–H groups in total. The molecule has 4 aliphatic rings. The van der Waals surface area contributed by atoms with Gasteiger partial charge in [-0.15, -0.1) is 0 Å². The van der Waals surface area contributed by atoms with Crippen LogP contribution < -0.4 is 4.90 Å². The highest BCUT2D eigenvalue weighted by Gasteiger charge is 2.62. The summed E-state index contributed by atoms with van der Waals surface area (Å²) < 4.78 is 0. The summed E-state index contributed by atoms with van der Waals surface area (Å²) in [7, 11) is 0. The second kappa shape index (κ2) is 5.92. The highest BCUT2D eigenvalue weighted by molar-refractivity contribution is 6.24. The van der Waals surface area contributed by atoms with E-state index in [1.165, 1.54) is 35.3 Å². The molecule has 1 aromatic rings. The topological polar surface area (TPSA) is 37.4 Å². The molecule has 0 aromatic heterocycles. The molecule has 2 saturated carbocycles. The summed E-state index contributed by atoms with van der Waals surface area (Å²) in [6.45, 7) is 6.07. The van der Waals surface area contributed by atoms with Crippen molar-refractivity contribution in [2.75, 3.05) is 4.90 Å². The summed E-state index contributed by atoms with van der Waals surface area (Å²) in [5.41, 5.74) is 6.99. The van der Waals surface area contributed by atoms with E-state index in [1.807, 2.05) is 13.8 Å². The summed E-state index contributed by atoms with van der Waals surface area (Å²) in [6, 6.07) is 4.14. The Balaban J connectivity index is 1.56. The minimum Gasteiger partial charge on any atom is -0.274 e. The lowest BCUT2D eigenvalue weighted by atomic mass is 9.85. The molecule has 3 fully saturated rings. The van der Waals surface area contributed by atoms with Gasteiger partial charge in [0.05, 0.1) is 17.5 Å². The number of rotatable bonds is 1. The number of hydrogen-bond acceptors (Lipinski definition) is 2. The zero-order chi connectivity index (χ0) is 18.9. The van der Waals surface area contributed by atoms with E-state index in [2.05, 4.69) is 31.2 Å². The first kappa shape index (κ1) is 17.0. The first-order chi connectivity index (χ1) is 13.0. The molecular weight excluding hydrogens is 334 g/mol. The summed E-state index contributed by atoms with van der Waals surface area (Å²) >= 11 is 0. The molecule has 1 aromatic carbocycles. The molecule has 3 nitrogen and oxygen atoms in total. The van der Waals surface area contributed by atoms with Crippen LogP contribution >= 0.6 is 0 Å². The third-order valence-corrected chi connectivity index (χ3v) is 7.14. The highest BCUT2D eigenvalue weighted by atomic mass is 16.2. The second-order valence-corrected chi connectivity index (χ2v) is 8.87. The Morgan fingerprint density at radius 3 is 1.85 bits per heavy atom. The largest absolute Gasteiger partial charge is 0.274 e. The Bertz CT molecular complexity index is 857. The van der Waals surface area contributed by atoms with E-state index < -0.39 is 0 Å². The van der Waals surface area contributed by atoms with Crippen molar-refractivity contribution in [3.8, 4) is 0 Å². The number of anilines is 1. The van der Waals surface area contributed by atoms with Crippen LogP contribution in [0, 0.1) is 44.4 Å². The number of aryl methyl sites for hydroxylation is 3. The summed E-state index contributed by atoms with van der Waals surface area (Å²) in [5, 5.41) is 0. The highest BCUT2D eigenvalue weighted by Crippen LogP contribution is 2.58. The van der Waals surface area contributed by atoms with E-state index >= 15 is 0 Å². The van der Waals surface area contributed by atoms with E-state index in [9.17, 15) is 9.59 Å². The van der Waals surface area contributed by atoms with Crippen molar-refractivity contribution >= 4 is 17.5 Å².